The maximum absolute atomic E-state index is 14.7. The molecule has 0 bridgehead atoms. The van der Waals surface area contributed by atoms with Gasteiger partial charge >= 0.3 is 18.0 Å². The highest BCUT2D eigenvalue weighted by Crippen LogP contribution is 2.33. The number of quaternary nitrogens is 1. The number of imide groups is 1. The molecule has 328 valence electrons. The summed E-state index contributed by atoms with van der Waals surface area (Å²) in [6.07, 6.45) is 6.27. The van der Waals surface area contributed by atoms with Crippen LogP contribution < -0.4 is 11.1 Å². The molecule has 1 aliphatic heterocycles. The predicted octanol–water partition coefficient (Wildman–Crippen LogP) is 7.08. The van der Waals surface area contributed by atoms with Crippen molar-refractivity contribution in [3.8, 4) is 0 Å². The fraction of sp³-hybridized carbons (Fsp3) is 0.500. The van der Waals surface area contributed by atoms with Crippen LogP contribution in [0.3, 0.4) is 0 Å². The van der Waals surface area contributed by atoms with E-state index in [4.69, 9.17) is 15.2 Å². The quantitative estimate of drug-likeness (QED) is 0.0786. The van der Waals surface area contributed by atoms with Gasteiger partial charge < -0.3 is 25.6 Å². The number of amides is 4. The zero-order chi connectivity index (χ0) is 43.6. The van der Waals surface area contributed by atoms with Crippen molar-refractivity contribution in [2.75, 3.05) is 26.2 Å². The second kappa shape index (κ2) is 23.6. The lowest BCUT2D eigenvalue weighted by atomic mass is 9.85. The van der Waals surface area contributed by atoms with Crippen LogP contribution >= 0.6 is 0 Å². The van der Waals surface area contributed by atoms with Gasteiger partial charge in [-0.2, -0.15) is 4.79 Å². The van der Waals surface area contributed by atoms with Gasteiger partial charge in [-0.1, -0.05) is 123 Å². The van der Waals surface area contributed by atoms with Crippen LogP contribution in [0.25, 0.3) is 0 Å². The fourth-order valence-electron chi connectivity index (χ4n) is 8.80. The number of esters is 1. The first-order valence-electron chi connectivity index (χ1n) is 22.0. The lowest BCUT2D eigenvalue weighted by Gasteiger charge is -2.39. The van der Waals surface area contributed by atoms with Crippen molar-refractivity contribution in [2.45, 2.75) is 115 Å². The summed E-state index contributed by atoms with van der Waals surface area (Å²) in [4.78, 5) is 82.7. The number of likely N-dealkylation sites (tertiary alicyclic amines) is 1. The number of benzene rings is 3. The number of rotatable bonds is 20. The Morgan fingerprint density at radius 2 is 1.38 bits per heavy atom. The van der Waals surface area contributed by atoms with E-state index >= 15 is 0 Å². The van der Waals surface area contributed by atoms with Crippen LogP contribution in [-0.4, -0.2) is 88.5 Å². The molecule has 2 fully saturated rings. The highest BCUT2D eigenvalue weighted by Gasteiger charge is 2.43. The van der Waals surface area contributed by atoms with E-state index in [0.29, 0.717) is 50.0 Å². The maximum atomic E-state index is 14.7. The van der Waals surface area contributed by atoms with Gasteiger partial charge in [-0.15, -0.1) is 0 Å². The number of nitrogens with one attached hydrogen (secondary N) is 1. The van der Waals surface area contributed by atoms with E-state index in [2.05, 4.69) is 5.32 Å². The molecule has 3 aromatic carbocycles. The van der Waals surface area contributed by atoms with Gasteiger partial charge in [0.15, 0.2) is 6.10 Å². The number of piperidine rings is 1. The molecule has 13 nitrogen and oxygen atoms in total. The molecule has 3 aromatic rings. The summed E-state index contributed by atoms with van der Waals surface area (Å²) >= 11 is 0. The molecule has 4 N–H and O–H groups in total. The molecule has 5 rings (SSSR count). The summed E-state index contributed by atoms with van der Waals surface area (Å²) in [5, 5.41) is 12.2. The van der Waals surface area contributed by atoms with E-state index in [-0.39, 0.29) is 41.9 Å². The zero-order valence-corrected chi connectivity index (χ0v) is 35.5. The molecule has 1 aliphatic carbocycles. The second-order valence-corrected chi connectivity index (χ2v) is 16.5. The molecule has 0 radical (unpaired) electrons. The standard InChI is InChI=1S/C48H62N4O9/c1-2-52(48(59)60-34-37-18-9-4-10-19-37)30-28-36(29-31-52)20-15-25-43(54)51(46(57)40(32-44(55)56)50-42(53)33-49)41(27-26-35-16-7-3-8-17-35)47(58)61-45(38-21-11-5-12-22-38)39-23-13-6-14-24-39/h4-6,9-14,18-19,21-24,35-36,40-41,45H,2-3,7-8,15-17,20,25-34,49H2,1H3,(H-,50,53,55,56)/p+1/t36?,40-,41?,52?/m0/s1. The number of aliphatic carboxylic acids is 1. The minimum absolute atomic E-state index is 0.103. The molecule has 13 heteroatoms. The summed E-state index contributed by atoms with van der Waals surface area (Å²) in [5.41, 5.74) is 7.86. The first kappa shape index (κ1) is 46.7. The van der Waals surface area contributed by atoms with Crippen LogP contribution in [0, 0.1) is 11.8 Å². The number of hydrogen-bond donors (Lipinski definition) is 3. The highest BCUT2D eigenvalue weighted by atomic mass is 16.6. The van der Waals surface area contributed by atoms with E-state index < -0.39 is 60.8 Å². The minimum Gasteiger partial charge on any atom is -0.481 e. The van der Waals surface area contributed by atoms with Gasteiger partial charge in [0, 0.05) is 19.3 Å². The SMILES string of the molecule is CC[N+]1(C(=O)OCc2ccccc2)CCC(CCCC(=O)N(C(=O)[C@H](CC(=O)O)NC(=O)CN)C(CCC2CCCCC2)C(=O)OC(c2ccccc2)c2ccccc2)CC1. The lowest BCUT2D eigenvalue weighted by molar-refractivity contribution is -0.862. The number of nitrogens with zero attached hydrogens (tertiary/aromatic N) is 2. The van der Waals surface area contributed by atoms with Gasteiger partial charge in [0.05, 0.1) is 32.6 Å². The third-order valence-corrected chi connectivity index (χ3v) is 12.4. The van der Waals surface area contributed by atoms with E-state index in [1.54, 1.807) is 0 Å². The minimum atomic E-state index is -1.65. The largest absolute Gasteiger partial charge is 0.516 e. The van der Waals surface area contributed by atoms with Crippen LogP contribution in [0.15, 0.2) is 91.0 Å². The lowest BCUT2D eigenvalue weighted by Crippen LogP contribution is -2.57. The van der Waals surface area contributed by atoms with Crippen molar-refractivity contribution in [3.05, 3.63) is 108 Å². The molecule has 0 spiro atoms. The maximum Gasteiger partial charge on any atom is 0.516 e. The Balaban J connectivity index is 1.37. The molecular formula is C48H63N4O9+. The van der Waals surface area contributed by atoms with Crippen LogP contribution in [0.1, 0.15) is 113 Å². The van der Waals surface area contributed by atoms with E-state index in [0.717, 1.165) is 55.4 Å². The fourth-order valence-corrected chi connectivity index (χ4v) is 8.80. The molecule has 2 atom stereocenters. The summed E-state index contributed by atoms with van der Waals surface area (Å²) in [7, 11) is 0. The Morgan fingerprint density at radius 3 is 1.93 bits per heavy atom. The molecule has 0 aromatic heterocycles. The second-order valence-electron chi connectivity index (χ2n) is 16.5. The number of ether oxygens (including phenoxy) is 2. The van der Waals surface area contributed by atoms with E-state index in [9.17, 15) is 33.9 Å². The van der Waals surface area contributed by atoms with Crippen molar-refractivity contribution in [1.82, 2.24) is 10.2 Å². The molecule has 1 saturated heterocycles. The number of carbonyl (C=O) groups is 6. The van der Waals surface area contributed by atoms with Gasteiger partial charge in [0.1, 0.15) is 18.7 Å². The summed E-state index contributed by atoms with van der Waals surface area (Å²) in [6, 6.07) is 24.9. The van der Waals surface area contributed by atoms with E-state index in [1.165, 1.54) is 0 Å². The highest BCUT2D eigenvalue weighted by molar-refractivity contribution is 6.03. The summed E-state index contributed by atoms with van der Waals surface area (Å²) in [6.45, 7) is 3.48. The third kappa shape index (κ3) is 13.5. The molecule has 1 heterocycles. The van der Waals surface area contributed by atoms with Crippen molar-refractivity contribution >= 4 is 35.8 Å². The first-order valence-corrected chi connectivity index (χ1v) is 22.0. The van der Waals surface area contributed by atoms with E-state index in [1.807, 2.05) is 97.9 Å². The normalized spacial score (nSPS) is 19.0. The number of carbonyl (C=O) groups excluding carboxylic acids is 5. The summed E-state index contributed by atoms with van der Waals surface area (Å²) < 4.78 is 12.3. The molecule has 1 saturated carbocycles. The van der Waals surface area contributed by atoms with Crippen LogP contribution in [-0.2, 0) is 40.1 Å². The molecule has 2 aliphatic rings. The van der Waals surface area contributed by atoms with Crippen LogP contribution in [0.4, 0.5) is 4.79 Å². The Kier molecular flexibility index (Phi) is 18.0. The van der Waals surface area contributed by atoms with Crippen molar-refractivity contribution in [2.24, 2.45) is 17.6 Å². The molecule has 4 amide bonds. The van der Waals surface area contributed by atoms with Gasteiger partial charge in [-0.25, -0.2) is 9.28 Å². The topological polar surface area (TPSA) is 182 Å². The number of carboxylic acid groups (broad SMARTS) is 1. The van der Waals surface area contributed by atoms with Crippen molar-refractivity contribution in [3.63, 3.8) is 0 Å². The monoisotopic (exact) mass is 839 g/mol. The average Bonchev–Trinajstić information content (AvgIpc) is 3.29. The molecule has 61 heavy (non-hydrogen) atoms. The van der Waals surface area contributed by atoms with Crippen LogP contribution in [0.5, 0.6) is 0 Å². The summed E-state index contributed by atoms with van der Waals surface area (Å²) in [5.74, 6) is -4.10. The zero-order valence-electron chi connectivity index (χ0n) is 35.5. The molecule has 1 unspecified atom stereocenters. The number of hydrogen-bond acceptors (Lipinski definition) is 9. The van der Waals surface area contributed by atoms with Crippen molar-refractivity contribution < 1.29 is 47.8 Å². The Hall–Kier alpha value is -5.40. The smallest absolute Gasteiger partial charge is 0.481 e. The first-order chi connectivity index (χ1) is 29.5. The number of nitrogens with two attached hydrogens (primary N) is 1. The Morgan fingerprint density at radius 1 is 0.803 bits per heavy atom. The van der Waals surface area contributed by atoms with Gasteiger partial charge in [-0.05, 0) is 61.1 Å². The van der Waals surface area contributed by atoms with Crippen LogP contribution in [0.2, 0.25) is 0 Å². The molecular weight excluding hydrogens is 777 g/mol. The van der Waals surface area contributed by atoms with Gasteiger partial charge in [-0.3, -0.25) is 24.1 Å². The average molecular weight is 840 g/mol. The Labute approximate surface area is 359 Å². The third-order valence-electron chi connectivity index (χ3n) is 12.4. The van der Waals surface area contributed by atoms with Crippen molar-refractivity contribution in [1.29, 1.82) is 0 Å². The Bertz CT molecular complexity index is 1840. The predicted molar refractivity (Wildman–Crippen MR) is 229 cm³/mol. The van der Waals surface area contributed by atoms with Gasteiger partial charge in [0.2, 0.25) is 11.8 Å². The van der Waals surface area contributed by atoms with Gasteiger partial charge in [0.25, 0.3) is 5.91 Å². The number of carboxylic acids is 1.